The minimum absolute atomic E-state index is 0.135. The van der Waals surface area contributed by atoms with Gasteiger partial charge in [-0.05, 0) is 58.5 Å². The Labute approximate surface area is 165 Å². The molecule has 2 aromatic carbocycles. The van der Waals surface area contributed by atoms with Crippen LogP contribution in [-0.2, 0) is 0 Å². The number of nitrogens with zero attached hydrogens (tertiary/aromatic N) is 3. The highest BCUT2D eigenvalue weighted by Crippen LogP contribution is 2.37. The Morgan fingerprint density at radius 1 is 1.08 bits per heavy atom. The predicted molar refractivity (Wildman–Crippen MR) is 108 cm³/mol. The van der Waals surface area contributed by atoms with Crippen LogP contribution in [0.25, 0.3) is 5.70 Å². The van der Waals surface area contributed by atoms with Crippen LogP contribution in [0.15, 0.2) is 54.9 Å². The molecule has 0 aliphatic carbocycles. The number of halogens is 1. The van der Waals surface area contributed by atoms with Crippen LogP contribution < -0.4 is 14.8 Å². The van der Waals surface area contributed by atoms with Crippen LogP contribution in [-0.4, -0.2) is 29.0 Å². The van der Waals surface area contributed by atoms with E-state index in [9.17, 15) is 0 Å². The molecule has 0 radical (unpaired) electrons. The lowest BCUT2D eigenvalue weighted by molar-refractivity contribution is 0.387. The molecule has 1 N–H and O–H groups in total. The van der Waals surface area contributed by atoms with E-state index in [4.69, 9.17) is 9.47 Å². The standard InChI is InChI=1S/C19H17IN4O2/c1-25-14-7-8-15(18(9-14)26-2)17-10-16(12-3-5-13(20)6-4-12)23-19-21-11-22-24(17)19/h3-11,17H,1-2H3,(H,21,22,23)/t17-/m0/s1. The van der Waals surface area contributed by atoms with Crippen molar-refractivity contribution in [2.45, 2.75) is 6.04 Å². The lowest BCUT2D eigenvalue weighted by Gasteiger charge is -2.25. The van der Waals surface area contributed by atoms with Crippen LogP contribution in [0.5, 0.6) is 11.5 Å². The summed E-state index contributed by atoms with van der Waals surface area (Å²) in [6.07, 6.45) is 3.68. The molecule has 0 saturated carbocycles. The summed E-state index contributed by atoms with van der Waals surface area (Å²) in [7, 11) is 3.30. The Hall–Kier alpha value is -2.55. The van der Waals surface area contributed by atoms with Crippen molar-refractivity contribution in [3.63, 3.8) is 0 Å². The molecule has 0 fully saturated rings. The number of hydrogen-bond donors (Lipinski definition) is 1. The fourth-order valence-corrected chi connectivity index (χ4v) is 3.38. The third-order valence-corrected chi connectivity index (χ3v) is 5.04. The minimum atomic E-state index is -0.135. The zero-order valence-electron chi connectivity index (χ0n) is 14.3. The molecule has 0 bridgehead atoms. The highest BCUT2D eigenvalue weighted by molar-refractivity contribution is 14.1. The van der Waals surface area contributed by atoms with Gasteiger partial charge in [-0.3, -0.25) is 0 Å². The predicted octanol–water partition coefficient (Wildman–Crippen LogP) is 3.96. The van der Waals surface area contributed by atoms with Gasteiger partial charge in [-0.25, -0.2) is 4.68 Å². The van der Waals surface area contributed by atoms with Crippen molar-refractivity contribution in [2.24, 2.45) is 0 Å². The Morgan fingerprint density at radius 3 is 2.62 bits per heavy atom. The molecule has 0 saturated heterocycles. The van der Waals surface area contributed by atoms with E-state index in [1.807, 2.05) is 22.9 Å². The third-order valence-electron chi connectivity index (χ3n) is 4.32. The molecule has 6 nitrogen and oxygen atoms in total. The molecule has 132 valence electrons. The number of ether oxygens (including phenoxy) is 2. The molecule has 0 unspecified atom stereocenters. The summed E-state index contributed by atoms with van der Waals surface area (Å²) in [6, 6.07) is 14.0. The molecule has 1 aromatic heterocycles. The van der Waals surface area contributed by atoms with Crippen molar-refractivity contribution in [3.05, 3.63) is 69.6 Å². The Kier molecular flexibility index (Phi) is 4.54. The smallest absolute Gasteiger partial charge is 0.226 e. The summed E-state index contributed by atoms with van der Waals surface area (Å²) >= 11 is 2.30. The fraction of sp³-hybridized carbons (Fsp3) is 0.158. The number of allylic oxidation sites excluding steroid dienone is 1. The number of benzene rings is 2. The second kappa shape index (κ2) is 6.99. The van der Waals surface area contributed by atoms with Crippen LogP contribution in [0.4, 0.5) is 5.95 Å². The molecule has 1 atom stereocenters. The van der Waals surface area contributed by atoms with Crippen LogP contribution in [0, 0.1) is 3.57 Å². The molecule has 7 heteroatoms. The van der Waals surface area contributed by atoms with E-state index >= 15 is 0 Å². The average Bonchev–Trinajstić information content (AvgIpc) is 3.16. The first kappa shape index (κ1) is 16.9. The molecule has 2 heterocycles. The largest absolute Gasteiger partial charge is 0.497 e. The molecule has 1 aliphatic heterocycles. The van der Waals surface area contributed by atoms with Crippen molar-refractivity contribution < 1.29 is 9.47 Å². The van der Waals surface area contributed by atoms with Gasteiger partial charge in [0, 0.05) is 20.9 Å². The third kappa shape index (κ3) is 3.03. The normalized spacial score (nSPS) is 15.7. The molecular formula is C19H17IN4O2. The Morgan fingerprint density at radius 2 is 1.88 bits per heavy atom. The maximum absolute atomic E-state index is 5.60. The number of anilines is 1. The van der Waals surface area contributed by atoms with E-state index in [2.05, 4.69) is 68.3 Å². The van der Waals surface area contributed by atoms with E-state index in [0.717, 1.165) is 28.3 Å². The topological polar surface area (TPSA) is 61.2 Å². The average molecular weight is 460 g/mol. The Bertz CT molecular complexity index is 966. The first-order chi connectivity index (χ1) is 12.7. The lowest BCUT2D eigenvalue weighted by atomic mass is 10.0. The highest BCUT2D eigenvalue weighted by atomic mass is 127. The molecular weight excluding hydrogens is 443 g/mol. The van der Waals surface area contributed by atoms with E-state index in [0.29, 0.717) is 5.95 Å². The molecule has 26 heavy (non-hydrogen) atoms. The summed E-state index contributed by atoms with van der Waals surface area (Å²) in [5, 5.41) is 7.74. The van der Waals surface area contributed by atoms with Gasteiger partial charge in [0.05, 0.1) is 14.2 Å². The molecule has 3 aromatic rings. The lowest BCUT2D eigenvalue weighted by Crippen LogP contribution is -2.20. The van der Waals surface area contributed by atoms with Crippen LogP contribution in [0.2, 0.25) is 0 Å². The van der Waals surface area contributed by atoms with E-state index in [1.165, 1.54) is 3.57 Å². The van der Waals surface area contributed by atoms with Crippen molar-refractivity contribution in [2.75, 3.05) is 19.5 Å². The number of fused-ring (bicyclic) bond motifs is 1. The maximum Gasteiger partial charge on any atom is 0.226 e. The number of rotatable bonds is 4. The summed E-state index contributed by atoms with van der Waals surface area (Å²) < 4.78 is 14.0. The van der Waals surface area contributed by atoms with Gasteiger partial charge >= 0.3 is 0 Å². The zero-order valence-corrected chi connectivity index (χ0v) is 16.5. The summed E-state index contributed by atoms with van der Waals surface area (Å²) in [6.45, 7) is 0. The Balaban J connectivity index is 1.82. The van der Waals surface area contributed by atoms with E-state index in [-0.39, 0.29) is 6.04 Å². The molecule has 4 rings (SSSR count). The second-order valence-corrected chi connectivity index (χ2v) is 7.04. The molecule has 1 aliphatic rings. The number of methoxy groups -OCH3 is 2. The SMILES string of the molecule is COc1ccc([C@@H]2C=C(c3ccc(I)cc3)Nc3ncnn32)c(OC)c1. The molecule has 0 spiro atoms. The van der Waals surface area contributed by atoms with Crippen LogP contribution in [0.1, 0.15) is 17.2 Å². The van der Waals surface area contributed by atoms with E-state index in [1.54, 1.807) is 20.5 Å². The fourth-order valence-electron chi connectivity index (χ4n) is 3.02. The van der Waals surface area contributed by atoms with Gasteiger partial charge in [-0.1, -0.05) is 12.1 Å². The van der Waals surface area contributed by atoms with Gasteiger partial charge in [-0.15, -0.1) is 0 Å². The van der Waals surface area contributed by atoms with Crippen molar-refractivity contribution in [1.82, 2.24) is 14.8 Å². The van der Waals surface area contributed by atoms with Crippen LogP contribution in [0.3, 0.4) is 0 Å². The monoisotopic (exact) mass is 460 g/mol. The minimum Gasteiger partial charge on any atom is -0.497 e. The van der Waals surface area contributed by atoms with Crippen molar-refractivity contribution in [3.8, 4) is 11.5 Å². The summed E-state index contributed by atoms with van der Waals surface area (Å²) in [5.74, 6) is 2.19. The summed E-state index contributed by atoms with van der Waals surface area (Å²) in [5.41, 5.74) is 3.08. The van der Waals surface area contributed by atoms with Gasteiger partial charge in [0.1, 0.15) is 23.9 Å². The number of aromatic nitrogens is 3. The number of hydrogen-bond acceptors (Lipinski definition) is 5. The zero-order chi connectivity index (χ0) is 18.1. The van der Waals surface area contributed by atoms with Gasteiger partial charge in [0.2, 0.25) is 5.95 Å². The first-order valence-corrected chi connectivity index (χ1v) is 9.13. The van der Waals surface area contributed by atoms with Gasteiger partial charge in [-0.2, -0.15) is 10.1 Å². The van der Waals surface area contributed by atoms with Gasteiger partial charge < -0.3 is 14.8 Å². The van der Waals surface area contributed by atoms with Crippen molar-refractivity contribution in [1.29, 1.82) is 0 Å². The highest BCUT2D eigenvalue weighted by Gasteiger charge is 2.26. The van der Waals surface area contributed by atoms with E-state index < -0.39 is 0 Å². The molecule has 0 amide bonds. The second-order valence-electron chi connectivity index (χ2n) is 5.79. The number of nitrogens with one attached hydrogen (secondary N) is 1. The van der Waals surface area contributed by atoms with Gasteiger partial charge in [0.15, 0.2) is 0 Å². The van der Waals surface area contributed by atoms with Crippen molar-refractivity contribution >= 4 is 34.2 Å². The first-order valence-electron chi connectivity index (χ1n) is 8.06. The van der Waals surface area contributed by atoms with Crippen LogP contribution >= 0.6 is 22.6 Å². The quantitative estimate of drug-likeness (QED) is 0.598. The summed E-state index contributed by atoms with van der Waals surface area (Å²) in [4.78, 5) is 4.35. The van der Waals surface area contributed by atoms with Gasteiger partial charge in [0.25, 0.3) is 0 Å². The maximum atomic E-state index is 5.60.